The molecule has 1 aromatic carbocycles. The van der Waals surface area contributed by atoms with Crippen molar-refractivity contribution in [2.45, 2.75) is 23.8 Å². The summed E-state index contributed by atoms with van der Waals surface area (Å²) in [5, 5.41) is 13.5. The van der Waals surface area contributed by atoms with Gasteiger partial charge in [-0.15, -0.1) is 0 Å². The molecule has 0 aliphatic carbocycles. The van der Waals surface area contributed by atoms with Gasteiger partial charge in [0.25, 0.3) is 5.69 Å². The summed E-state index contributed by atoms with van der Waals surface area (Å²) in [5.41, 5.74) is -0.473. The van der Waals surface area contributed by atoms with Gasteiger partial charge < -0.3 is 5.32 Å². The molecule has 0 aromatic heterocycles. The minimum Gasteiger partial charge on any atom is -0.318 e. The quantitative estimate of drug-likeness (QED) is 0.648. The third kappa shape index (κ3) is 3.04. The third-order valence-electron chi connectivity index (χ3n) is 3.48. The van der Waals surface area contributed by atoms with Crippen LogP contribution in [0.15, 0.2) is 23.1 Å². The lowest BCUT2D eigenvalue weighted by Gasteiger charge is -2.24. The number of nitro groups is 1. The van der Waals surface area contributed by atoms with E-state index in [4.69, 9.17) is 0 Å². The number of nitro benzene ring substituents is 1. The molecule has 0 amide bonds. The largest absolute Gasteiger partial charge is 0.318 e. The summed E-state index contributed by atoms with van der Waals surface area (Å²) in [6.07, 6.45) is 1.41. The van der Waals surface area contributed by atoms with Crippen molar-refractivity contribution >= 4 is 15.7 Å². The van der Waals surface area contributed by atoms with Gasteiger partial charge >= 0.3 is 0 Å². The number of nitrogens with one attached hydrogen (secondary N) is 1. The van der Waals surface area contributed by atoms with Gasteiger partial charge in [0.15, 0.2) is 0 Å². The van der Waals surface area contributed by atoms with Crippen LogP contribution in [0.4, 0.5) is 10.1 Å². The first-order valence-electron chi connectivity index (χ1n) is 6.48. The molecule has 1 aromatic rings. The maximum absolute atomic E-state index is 13.9. The number of hydrogen-bond acceptors (Lipinski definition) is 5. The summed E-state index contributed by atoms with van der Waals surface area (Å²) in [5.74, 6) is -1.10. The highest BCUT2D eigenvalue weighted by atomic mass is 32.2. The molecule has 0 saturated carbocycles. The van der Waals surface area contributed by atoms with Crippen molar-refractivity contribution in [3.8, 4) is 0 Å². The average Bonchev–Trinajstić information content (AvgIpc) is 2.87. The summed E-state index contributed by atoms with van der Waals surface area (Å²) >= 11 is 0. The fourth-order valence-corrected chi connectivity index (χ4v) is 4.24. The standard InChI is InChI=1S/C12H16FN3O4S/c1-14-8-10-3-2-6-15(10)21(19,20)12-5-4-9(16(17)18)7-11(12)13/h4-5,7,10,14H,2-3,6,8H2,1H3. The van der Waals surface area contributed by atoms with Crippen LogP contribution in [-0.4, -0.2) is 43.8 Å². The van der Waals surface area contributed by atoms with Gasteiger partial charge in [-0.05, 0) is 26.0 Å². The van der Waals surface area contributed by atoms with E-state index in [9.17, 15) is 22.9 Å². The predicted molar refractivity (Wildman–Crippen MR) is 73.9 cm³/mol. The van der Waals surface area contributed by atoms with Crippen LogP contribution >= 0.6 is 0 Å². The lowest BCUT2D eigenvalue weighted by molar-refractivity contribution is -0.385. The summed E-state index contributed by atoms with van der Waals surface area (Å²) in [4.78, 5) is 9.30. The van der Waals surface area contributed by atoms with Crippen LogP contribution in [0.5, 0.6) is 0 Å². The maximum Gasteiger partial charge on any atom is 0.272 e. The Hall–Kier alpha value is -1.58. The summed E-state index contributed by atoms with van der Waals surface area (Å²) in [6.45, 7) is 0.805. The molecule has 116 valence electrons. The molecule has 1 aliphatic rings. The van der Waals surface area contributed by atoms with Crippen LogP contribution in [0.25, 0.3) is 0 Å². The van der Waals surface area contributed by atoms with E-state index in [2.05, 4.69) is 5.32 Å². The lowest BCUT2D eigenvalue weighted by Crippen LogP contribution is -2.41. The monoisotopic (exact) mass is 317 g/mol. The second-order valence-electron chi connectivity index (χ2n) is 4.84. The fourth-order valence-electron chi connectivity index (χ4n) is 2.50. The summed E-state index contributed by atoms with van der Waals surface area (Å²) in [6, 6.07) is 2.36. The van der Waals surface area contributed by atoms with Crippen molar-refractivity contribution in [3.05, 3.63) is 34.1 Å². The zero-order chi connectivity index (χ0) is 15.6. The van der Waals surface area contributed by atoms with Gasteiger partial charge in [-0.25, -0.2) is 12.8 Å². The molecule has 1 aliphatic heterocycles. The molecule has 0 bridgehead atoms. The van der Waals surface area contributed by atoms with Gasteiger partial charge in [-0.1, -0.05) is 0 Å². The SMILES string of the molecule is CNCC1CCCN1S(=O)(=O)c1ccc([N+](=O)[O-])cc1F. The van der Waals surface area contributed by atoms with Crippen molar-refractivity contribution in [2.75, 3.05) is 20.1 Å². The molecule has 1 atom stereocenters. The zero-order valence-electron chi connectivity index (χ0n) is 11.5. The smallest absolute Gasteiger partial charge is 0.272 e. The Bertz CT molecular complexity index is 650. The van der Waals surface area contributed by atoms with E-state index in [1.165, 1.54) is 4.31 Å². The number of rotatable bonds is 5. The fraction of sp³-hybridized carbons (Fsp3) is 0.500. The Labute approximate surface area is 122 Å². The molecule has 9 heteroatoms. The Balaban J connectivity index is 2.37. The number of likely N-dealkylation sites (N-methyl/N-ethyl adjacent to an activating group) is 1. The molecule has 1 fully saturated rings. The molecular weight excluding hydrogens is 301 g/mol. The second-order valence-corrected chi connectivity index (χ2v) is 6.70. The van der Waals surface area contributed by atoms with Gasteiger partial charge in [0, 0.05) is 25.2 Å². The minimum atomic E-state index is -3.99. The molecule has 7 nitrogen and oxygen atoms in total. The summed E-state index contributed by atoms with van der Waals surface area (Å²) in [7, 11) is -2.27. The Morgan fingerprint density at radius 3 is 2.81 bits per heavy atom. The number of non-ortho nitro benzene ring substituents is 1. The van der Waals surface area contributed by atoms with Crippen LogP contribution in [0.1, 0.15) is 12.8 Å². The Morgan fingerprint density at radius 1 is 1.52 bits per heavy atom. The molecule has 2 rings (SSSR count). The van der Waals surface area contributed by atoms with Gasteiger partial charge in [-0.2, -0.15) is 4.31 Å². The molecule has 0 spiro atoms. The van der Waals surface area contributed by atoms with E-state index in [-0.39, 0.29) is 6.04 Å². The van der Waals surface area contributed by atoms with E-state index in [1.807, 2.05) is 0 Å². The Kier molecular flexibility index (Phi) is 4.55. The van der Waals surface area contributed by atoms with E-state index >= 15 is 0 Å². The van der Waals surface area contributed by atoms with Crippen LogP contribution in [-0.2, 0) is 10.0 Å². The highest BCUT2D eigenvalue weighted by molar-refractivity contribution is 7.89. The van der Waals surface area contributed by atoms with Crippen molar-refractivity contribution in [1.82, 2.24) is 9.62 Å². The Morgan fingerprint density at radius 2 is 2.24 bits per heavy atom. The molecule has 21 heavy (non-hydrogen) atoms. The average molecular weight is 317 g/mol. The van der Waals surface area contributed by atoms with Crippen LogP contribution in [0.2, 0.25) is 0 Å². The first-order valence-corrected chi connectivity index (χ1v) is 7.92. The molecule has 1 unspecified atom stereocenters. The molecular formula is C12H16FN3O4S. The van der Waals surface area contributed by atoms with Crippen LogP contribution in [0, 0.1) is 15.9 Å². The number of nitrogens with zero attached hydrogens (tertiary/aromatic N) is 2. The first-order chi connectivity index (χ1) is 9.87. The topological polar surface area (TPSA) is 92.6 Å². The number of benzene rings is 1. The zero-order valence-corrected chi connectivity index (χ0v) is 12.3. The summed E-state index contributed by atoms with van der Waals surface area (Å²) < 4.78 is 40.2. The van der Waals surface area contributed by atoms with Crippen molar-refractivity contribution < 1.29 is 17.7 Å². The third-order valence-corrected chi connectivity index (χ3v) is 5.46. The maximum atomic E-state index is 13.9. The van der Waals surface area contributed by atoms with Gasteiger partial charge in [0.05, 0.1) is 11.0 Å². The van der Waals surface area contributed by atoms with Crippen LogP contribution in [0.3, 0.4) is 0 Å². The van der Waals surface area contributed by atoms with Crippen molar-refractivity contribution in [1.29, 1.82) is 0 Å². The van der Waals surface area contributed by atoms with E-state index in [0.29, 0.717) is 32.0 Å². The van der Waals surface area contributed by atoms with Gasteiger partial charge in [0.1, 0.15) is 10.7 Å². The molecule has 1 heterocycles. The lowest BCUT2D eigenvalue weighted by atomic mass is 10.2. The molecule has 1 N–H and O–H groups in total. The first kappa shape index (κ1) is 15.8. The van der Waals surface area contributed by atoms with Gasteiger partial charge in [-0.3, -0.25) is 10.1 Å². The molecule has 1 saturated heterocycles. The number of halogens is 1. The van der Waals surface area contributed by atoms with E-state index in [0.717, 1.165) is 12.1 Å². The van der Waals surface area contributed by atoms with Gasteiger partial charge in [0.2, 0.25) is 10.0 Å². The number of hydrogen-bond donors (Lipinski definition) is 1. The predicted octanol–water partition coefficient (Wildman–Crippen LogP) is 1.11. The second kappa shape index (κ2) is 6.04. The highest BCUT2D eigenvalue weighted by Crippen LogP contribution is 2.28. The normalized spacial score (nSPS) is 19.8. The van der Waals surface area contributed by atoms with E-state index in [1.54, 1.807) is 7.05 Å². The van der Waals surface area contributed by atoms with E-state index < -0.39 is 31.3 Å². The molecule has 0 radical (unpaired) electrons. The minimum absolute atomic E-state index is 0.227. The van der Waals surface area contributed by atoms with Crippen molar-refractivity contribution in [3.63, 3.8) is 0 Å². The van der Waals surface area contributed by atoms with Crippen LogP contribution < -0.4 is 5.32 Å². The number of sulfonamides is 1. The van der Waals surface area contributed by atoms with Crippen molar-refractivity contribution in [2.24, 2.45) is 0 Å². The highest BCUT2D eigenvalue weighted by Gasteiger charge is 2.36.